The van der Waals surface area contributed by atoms with Crippen molar-refractivity contribution in [3.8, 4) is 17.2 Å². The Balaban J connectivity index is 2.11. The summed E-state index contributed by atoms with van der Waals surface area (Å²) in [6.45, 7) is 1.55. The zero-order valence-corrected chi connectivity index (χ0v) is 15.5. The van der Waals surface area contributed by atoms with Crippen LogP contribution in [0.5, 0.6) is 17.2 Å². The Labute approximate surface area is 156 Å². The highest BCUT2D eigenvalue weighted by Crippen LogP contribution is 2.39. The molecule has 0 aliphatic carbocycles. The monoisotopic (exact) mass is 375 g/mol. The molecule has 0 radical (unpaired) electrons. The fourth-order valence-corrected chi connectivity index (χ4v) is 2.55. The Bertz CT molecular complexity index is 828. The van der Waals surface area contributed by atoms with Gasteiger partial charge < -0.3 is 24.8 Å². The summed E-state index contributed by atoms with van der Waals surface area (Å²) in [7, 11) is 4.45. The second kappa shape index (κ2) is 8.75. The number of amides is 1. The van der Waals surface area contributed by atoms with Crippen molar-refractivity contribution in [2.45, 2.75) is 6.92 Å². The number of methoxy groups -OCH3 is 3. The number of hydrogen-bond donors (Lipinski definition) is 2. The maximum atomic E-state index is 12.2. The Morgan fingerprint density at radius 3 is 2.26 bits per heavy atom. The number of benzene rings is 2. The largest absolute Gasteiger partial charge is 0.493 e. The van der Waals surface area contributed by atoms with E-state index < -0.39 is 4.92 Å². The summed E-state index contributed by atoms with van der Waals surface area (Å²) in [5.41, 5.74) is 1.43. The van der Waals surface area contributed by atoms with Crippen molar-refractivity contribution in [1.82, 2.24) is 0 Å². The zero-order chi connectivity index (χ0) is 20.0. The van der Waals surface area contributed by atoms with E-state index in [9.17, 15) is 14.9 Å². The van der Waals surface area contributed by atoms with Crippen molar-refractivity contribution in [1.29, 1.82) is 0 Å². The van der Waals surface area contributed by atoms with Crippen LogP contribution in [0.1, 0.15) is 5.56 Å². The van der Waals surface area contributed by atoms with Crippen molar-refractivity contribution < 1.29 is 23.9 Å². The summed E-state index contributed by atoms with van der Waals surface area (Å²) in [6.07, 6.45) is 0. The van der Waals surface area contributed by atoms with E-state index in [1.54, 1.807) is 31.2 Å². The number of ether oxygens (including phenoxy) is 3. The van der Waals surface area contributed by atoms with Gasteiger partial charge in [-0.2, -0.15) is 0 Å². The minimum absolute atomic E-state index is 0.00923. The van der Waals surface area contributed by atoms with Gasteiger partial charge >= 0.3 is 0 Å². The third-order valence-corrected chi connectivity index (χ3v) is 3.89. The lowest BCUT2D eigenvalue weighted by molar-refractivity contribution is -0.385. The van der Waals surface area contributed by atoms with Crippen molar-refractivity contribution in [3.63, 3.8) is 0 Å². The maximum absolute atomic E-state index is 12.2. The van der Waals surface area contributed by atoms with Gasteiger partial charge in [0.15, 0.2) is 11.5 Å². The lowest BCUT2D eigenvalue weighted by Gasteiger charge is -2.15. The number of hydrogen-bond acceptors (Lipinski definition) is 7. The molecule has 0 aromatic heterocycles. The molecule has 27 heavy (non-hydrogen) atoms. The first-order valence-corrected chi connectivity index (χ1v) is 7.99. The molecule has 0 atom stereocenters. The Hall–Kier alpha value is -3.49. The molecule has 1 amide bonds. The number of nitrogens with one attached hydrogen (secondary N) is 2. The maximum Gasteiger partial charge on any atom is 0.274 e. The normalized spacial score (nSPS) is 10.1. The first kappa shape index (κ1) is 19.8. The van der Waals surface area contributed by atoms with Crippen molar-refractivity contribution in [3.05, 3.63) is 46.0 Å². The minimum atomic E-state index is -0.462. The van der Waals surface area contributed by atoms with E-state index in [1.165, 1.54) is 27.4 Å². The predicted molar refractivity (Wildman–Crippen MR) is 101 cm³/mol. The van der Waals surface area contributed by atoms with Gasteiger partial charge in [-0.3, -0.25) is 14.9 Å². The number of rotatable bonds is 8. The second-order valence-electron chi connectivity index (χ2n) is 5.52. The minimum Gasteiger partial charge on any atom is -0.493 e. The first-order chi connectivity index (χ1) is 12.9. The van der Waals surface area contributed by atoms with Gasteiger partial charge in [-0.05, 0) is 13.0 Å². The van der Waals surface area contributed by atoms with Crippen LogP contribution in [0, 0.1) is 17.0 Å². The molecule has 2 N–H and O–H groups in total. The Morgan fingerprint density at radius 1 is 1.11 bits per heavy atom. The summed E-state index contributed by atoms with van der Waals surface area (Å²) in [6, 6.07) is 7.87. The highest BCUT2D eigenvalue weighted by atomic mass is 16.6. The quantitative estimate of drug-likeness (QED) is 0.539. The fourth-order valence-electron chi connectivity index (χ4n) is 2.55. The van der Waals surface area contributed by atoms with Crippen LogP contribution >= 0.6 is 0 Å². The molecule has 2 aromatic carbocycles. The molecule has 9 nitrogen and oxygen atoms in total. The second-order valence-corrected chi connectivity index (χ2v) is 5.52. The van der Waals surface area contributed by atoms with Crippen LogP contribution in [0.4, 0.5) is 17.1 Å². The van der Waals surface area contributed by atoms with E-state index in [1.807, 2.05) is 0 Å². The fraction of sp³-hybridized carbons (Fsp3) is 0.278. The van der Waals surface area contributed by atoms with Crippen LogP contribution in [0.15, 0.2) is 30.3 Å². The van der Waals surface area contributed by atoms with Crippen molar-refractivity contribution in [2.24, 2.45) is 0 Å². The van der Waals surface area contributed by atoms with Gasteiger partial charge in [-0.15, -0.1) is 0 Å². The standard InChI is InChI=1S/C18H21N3O6/c1-11-13(6-5-7-14(11)21(23)24)19-10-17(22)20-12-8-15(25-2)18(27-4)16(9-12)26-3/h5-9,19H,10H2,1-4H3,(H,20,22). The molecule has 0 aliphatic rings. The molecule has 2 aromatic rings. The summed E-state index contributed by atoms with van der Waals surface area (Å²) in [4.78, 5) is 22.8. The van der Waals surface area contributed by atoms with Crippen LogP contribution in [0.2, 0.25) is 0 Å². The summed E-state index contributed by atoms with van der Waals surface area (Å²) in [5, 5.41) is 16.6. The molecular formula is C18H21N3O6. The Kier molecular flexibility index (Phi) is 6.42. The van der Waals surface area contributed by atoms with Crippen LogP contribution < -0.4 is 24.8 Å². The molecule has 9 heteroatoms. The number of anilines is 2. The van der Waals surface area contributed by atoms with Gasteiger partial charge in [0.1, 0.15) is 0 Å². The van der Waals surface area contributed by atoms with Gasteiger partial charge in [-0.25, -0.2) is 0 Å². The SMILES string of the molecule is COc1cc(NC(=O)CNc2cccc([N+](=O)[O-])c2C)cc(OC)c1OC. The van der Waals surface area contributed by atoms with E-state index in [-0.39, 0.29) is 18.1 Å². The molecule has 0 saturated carbocycles. The molecular weight excluding hydrogens is 354 g/mol. The third-order valence-electron chi connectivity index (χ3n) is 3.89. The van der Waals surface area contributed by atoms with Crippen LogP contribution in [0.25, 0.3) is 0 Å². The van der Waals surface area contributed by atoms with Gasteiger partial charge in [0.25, 0.3) is 5.69 Å². The topological polar surface area (TPSA) is 112 Å². The first-order valence-electron chi connectivity index (χ1n) is 7.99. The summed E-state index contributed by atoms with van der Waals surface area (Å²) >= 11 is 0. The van der Waals surface area contributed by atoms with Gasteiger partial charge in [-0.1, -0.05) is 6.07 Å². The van der Waals surface area contributed by atoms with Gasteiger partial charge in [0, 0.05) is 35.1 Å². The molecule has 144 valence electrons. The van der Waals surface area contributed by atoms with E-state index in [0.717, 1.165) is 0 Å². The number of nitrogens with zero attached hydrogens (tertiary/aromatic N) is 1. The molecule has 0 bridgehead atoms. The smallest absolute Gasteiger partial charge is 0.274 e. The number of nitro benzene ring substituents is 1. The summed E-state index contributed by atoms with van der Waals surface area (Å²) < 4.78 is 15.7. The molecule has 0 aliphatic heterocycles. The lowest BCUT2D eigenvalue weighted by Crippen LogP contribution is -2.22. The highest BCUT2D eigenvalue weighted by Gasteiger charge is 2.16. The summed E-state index contributed by atoms with van der Waals surface area (Å²) in [5.74, 6) is 0.905. The number of nitro groups is 1. The van der Waals surface area contributed by atoms with Crippen LogP contribution in [0.3, 0.4) is 0 Å². The van der Waals surface area contributed by atoms with Crippen LogP contribution in [-0.2, 0) is 4.79 Å². The molecule has 2 rings (SSSR count). The molecule has 0 unspecified atom stereocenters. The van der Waals surface area contributed by atoms with E-state index in [0.29, 0.717) is 34.2 Å². The zero-order valence-electron chi connectivity index (χ0n) is 15.5. The van der Waals surface area contributed by atoms with E-state index >= 15 is 0 Å². The third kappa shape index (κ3) is 4.57. The molecule has 0 heterocycles. The van der Waals surface area contributed by atoms with Crippen molar-refractivity contribution in [2.75, 3.05) is 38.5 Å². The Morgan fingerprint density at radius 2 is 1.74 bits per heavy atom. The van der Waals surface area contributed by atoms with E-state index in [4.69, 9.17) is 14.2 Å². The van der Waals surface area contributed by atoms with E-state index in [2.05, 4.69) is 10.6 Å². The lowest BCUT2D eigenvalue weighted by atomic mass is 10.1. The van der Waals surface area contributed by atoms with Gasteiger partial charge in [0.05, 0.1) is 32.8 Å². The van der Waals surface area contributed by atoms with Crippen LogP contribution in [-0.4, -0.2) is 38.7 Å². The predicted octanol–water partition coefficient (Wildman–Crippen LogP) is 2.98. The molecule has 0 saturated heterocycles. The van der Waals surface area contributed by atoms with Crippen molar-refractivity contribution >= 4 is 23.0 Å². The molecule has 0 fully saturated rings. The number of carbonyl (C=O) groups is 1. The molecule has 0 spiro atoms. The van der Waals surface area contributed by atoms with Gasteiger partial charge in [0.2, 0.25) is 11.7 Å². The highest BCUT2D eigenvalue weighted by molar-refractivity contribution is 5.94. The average molecular weight is 375 g/mol. The average Bonchev–Trinajstić information content (AvgIpc) is 2.66. The number of carbonyl (C=O) groups excluding carboxylic acids is 1.